The SMILES string of the molecule is Cc1nc(N2CCCCC2)sc1/C=C(\C#N)C(=O)O. The Morgan fingerprint density at radius 1 is 1.47 bits per heavy atom. The van der Waals surface area contributed by atoms with Gasteiger partial charge in [-0.3, -0.25) is 0 Å². The molecular weight excluding hydrogens is 262 g/mol. The van der Waals surface area contributed by atoms with Crippen molar-refractivity contribution in [2.45, 2.75) is 26.2 Å². The van der Waals surface area contributed by atoms with Gasteiger partial charge in [0.05, 0.1) is 10.6 Å². The van der Waals surface area contributed by atoms with Crippen molar-refractivity contribution in [3.05, 3.63) is 16.1 Å². The second-order valence-corrected chi connectivity index (χ2v) is 5.48. The molecule has 0 spiro atoms. The molecule has 0 radical (unpaired) electrons. The molecule has 0 aromatic carbocycles. The second-order valence-electron chi connectivity index (χ2n) is 4.47. The zero-order valence-corrected chi connectivity index (χ0v) is 11.5. The molecule has 1 aliphatic heterocycles. The molecule has 2 rings (SSSR count). The number of hydrogen-bond donors (Lipinski definition) is 1. The maximum Gasteiger partial charge on any atom is 0.346 e. The molecule has 1 aromatic rings. The Hall–Kier alpha value is -1.87. The van der Waals surface area contributed by atoms with Gasteiger partial charge in [-0.05, 0) is 32.3 Å². The molecule has 1 aliphatic rings. The van der Waals surface area contributed by atoms with Gasteiger partial charge in [-0.1, -0.05) is 11.3 Å². The molecule has 1 fully saturated rings. The molecule has 0 atom stereocenters. The number of nitriles is 1. The molecule has 1 saturated heterocycles. The maximum atomic E-state index is 10.8. The highest BCUT2D eigenvalue weighted by Gasteiger charge is 2.17. The summed E-state index contributed by atoms with van der Waals surface area (Å²) >= 11 is 1.45. The van der Waals surface area contributed by atoms with Crippen LogP contribution >= 0.6 is 11.3 Å². The van der Waals surface area contributed by atoms with Crippen molar-refractivity contribution in [1.29, 1.82) is 5.26 Å². The van der Waals surface area contributed by atoms with E-state index in [9.17, 15) is 4.79 Å². The minimum atomic E-state index is -1.20. The number of nitrogens with zero attached hydrogens (tertiary/aromatic N) is 3. The molecule has 5 nitrogen and oxygen atoms in total. The summed E-state index contributed by atoms with van der Waals surface area (Å²) in [5.74, 6) is -1.20. The average molecular weight is 277 g/mol. The number of aromatic nitrogens is 1. The summed E-state index contributed by atoms with van der Waals surface area (Å²) in [7, 11) is 0. The van der Waals surface area contributed by atoms with Crippen molar-refractivity contribution in [1.82, 2.24) is 4.98 Å². The minimum Gasteiger partial charge on any atom is -0.477 e. The fourth-order valence-corrected chi connectivity index (χ4v) is 3.08. The molecular formula is C13H15N3O2S. The van der Waals surface area contributed by atoms with E-state index in [4.69, 9.17) is 10.4 Å². The van der Waals surface area contributed by atoms with E-state index in [1.165, 1.54) is 36.7 Å². The average Bonchev–Trinajstić information content (AvgIpc) is 2.78. The van der Waals surface area contributed by atoms with E-state index < -0.39 is 5.97 Å². The summed E-state index contributed by atoms with van der Waals surface area (Å²) in [5.41, 5.74) is 0.525. The topological polar surface area (TPSA) is 77.2 Å². The van der Waals surface area contributed by atoms with Crippen LogP contribution < -0.4 is 4.90 Å². The van der Waals surface area contributed by atoms with Crippen LogP contribution in [0.5, 0.6) is 0 Å². The number of carboxylic acids is 1. The fourth-order valence-electron chi connectivity index (χ4n) is 2.02. The first kappa shape index (κ1) is 13.6. The van der Waals surface area contributed by atoms with Crippen LogP contribution in [-0.4, -0.2) is 29.1 Å². The van der Waals surface area contributed by atoms with Crippen LogP contribution in [0.4, 0.5) is 5.13 Å². The Balaban J connectivity index is 2.26. The summed E-state index contributed by atoms with van der Waals surface area (Å²) < 4.78 is 0. The molecule has 1 aromatic heterocycles. The zero-order chi connectivity index (χ0) is 13.8. The highest BCUT2D eigenvalue weighted by Crippen LogP contribution is 2.29. The lowest BCUT2D eigenvalue weighted by atomic mass is 10.1. The van der Waals surface area contributed by atoms with E-state index in [2.05, 4.69) is 9.88 Å². The van der Waals surface area contributed by atoms with E-state index in [1.54, 1.807) is 6.07 Å². The van der Waals surface area contributed by atoms with Crippen LogP contribution in [0.2, 0.25) is 0 Å². The van der Waals surface area contributed by atoms with Gasteiger partial charge in [-0.15, -0.1) is 0 Å². The van der Waals surface area contributed by atoms with E-state index in [0.717, 1.165) is 28.8 Å². The van der Waals surface area contributed by atoms with Crippen molar-refractivity contribution in [2.24, 2.45) is 0 Å². The zero-order valence-electron chi connectivity index (χ0n) is 10.7. The normalized spacial score (nSPS) is 16.2. The van der Waals surface area contributed by atoms with Crippen molar-refractivity contribution in [2.75, 3.05) is 18.0 Å². The third-order valence-corrected chi connectivity index (χ3v) is 4.24. The van der Waals surface area contributed by atoms with Gasteiger partial charge in [-0.2, -0.15) is 5.26 Å². The Morgan fingerprint density at radius 2 is 2.16 bits per heavy atom. The molecule has 0 aliphatic carbocycles. The molecule has 6 heteroatoms. The van der Waals surface area contributed by atoms with Gasteiger partial charge in [0.15, 0.2) is 5.13 Å². The molecule has 1 N–H and O–H groups in total. The van der Waals surface area contributed by atoms with Crippen LogP contribution in [0.25, 0.3) is 6.08 Å². The van der Waals surface area contributed by atoms with Gasteiger partial charge in [0.25, 0.3) is 0 Å². The summed E-state index contributed by atoms with van der Waals surface area (Å²) in [4.78, 5) is 18.3. The van der Waals surface area contributed by atoms with Crippen LogP contribution in [0.15, 0.2) is 5.57 Å². The second kappa shape index (κ2) is 5.85. The first-order chi connectivity index (χ1) is 9.11. The quantitative estimate of drug-likeness (QED) is 0.678. The predicted octanol–water partition coefficient (Wildman–Crippen LogP) is 2.43. The highest BCUT2D eigenvalue weighted by molar-refractivity contribution is 7.16. The number of piperidine rings is 1. The van der Waals surface area contributed by atoms with E-state index >= 15 is 0 Å². The van der Waals surface area contributed by atoms with Crippen LogP contribution in [0, 0.1) is 18.3 Å². The van der Waals surface area contributed by atoms with Crippen LogP contribution in [0.1, 0.15) is 29.8 Å². The van der Waals surface area contributed by atoms with Gasteiger partial charge in [0.1, 0.15) is 11.6 Å². The van der Waals surface area contributed by atoms with Gasteiger partial charge in [-0.25, -0.2) is 9.78 Å². The predicted molar refractivity (Wildman–Crippen MR) is 74.1 cm³/mol. The third-order valence-electron chi connectivity index (χ3n) is 3.07. The fraction of sp³-hybridized carbons (Fsp3) is 0.462. The summed E-state index contributed by atoms with van der Waals surface area (Å²) in [6.45, 7) is 3.84. The summed E-state index contributed by atoms with van der Waals surface area (Å²) in [6.07, 6.45) is 5.00. The van der Waals surface area contributed by atoms with Crippen LogP contribution in [0.3, 0.4) is 0 Å². The number of thiazole rings is 1. The largest absolute Gasteiger partial charge is 0.477 e. The van der Waals surface area contributed by atoms with Crippen molar-refractivity contribution in [3.63, 3.8) is 0 Å². The van der Waals surface area contributed by atoms with Crippen LogP contribution in [-0.2, 0) is 4.79 Å². The first-order valence-electron chi connectivity index (χ1n) is 6.19. The monoisotopic (exact) mass is 277 g/mol. The molecule has 2 heterocycles. The summed E-state index contributed by atoms with van der Waals surface area (Å²) in [6, 6.07) is 1.69. The molecule has 19 heavy (non-hydrogen) atoms. The number of aliphatic carboxylic acids is 1. The van der Waals surface area contributed by atoms with E-state index in [0.29, 0.717) is 0 Å². The smallest absolute Gasteiger partial charge is 0.346 e. The van der Waals surface area contributed by atoms with Crippen molar-refractivity contribution < 1.29 is 9.90 Å². The summed E-state index contributed by atoms with van der Waals surface area (Å²) in [5, 5.41) is 18.6. The minimum absolute atomic E-state index is 0.253. The van der Waals surface area contributed by atoms with Gasteiger partial charge in [0.2, 0.25) is 0 Å². The Morgan fingerprint density at radius 3 is 2.74 bits per heavy atom. The Labute approximate surface area is 115 Å². The van der Waals surface area contributed by atoms with Crippen molar-refractivity contribution in [3.8, 4) is 6.07 Å². The number of carbonyl (C=O) groups is 1. The number of anilines is 1. The van der Waals surface area contributed by atoms with Crippen molar-refractivity contribution >= 4 is 28.5 Å². The molecule has 0 amide bonds. The lowest BCUT2D eigenvalue weighted by Gasteiger charge is -2.25. The number of rotatable bonds is 3. The molecule has 0 unspecified atom stereocenters. The standard InChI is InChI=1S/C13H15N3O2S/c1-9-11(7-10(8-14)12(17)18)19-13(15-9)16-5-3-2-4-6-16/h7H,2-6H2,1H3,(H,17,18)/b10-7+. The Bertz CT molecular complexity index is 551. The highest BCUT2D eigenvalue weighted by atomic mass is 32.1. The van der Waals surface area contributed by atoms with E-state index in [1.807, 2.05) is 6.92 Å². The van der Waals surface area contributed by atoms with Gasteiger partial charge >= 0.3 is 5.97 Å². The molecule has 0 saturated carbocycles. The van der Waals surface area contributed by atoms with Gasteiger partial charge in [0, 0.05) is 13.1 Å². The lowest BCUT2D eigenvalue weighted by molar-refractivity contribution is -0.132. The lowest BCUT2D eigenvalue weighted by Crippen LogP contribution is -2.29. The maximum absolute atomic E-state index is 10.8. The number of carboxylic acid groups (broad SMARTS) is 1. The number of hydrogen-bond acceptors (Lipinski definition) is 5. The van der Waals surface area contributed by atoms with E-state index in [-0.39, 0.29) is 5.57 Å². The molecule has 0 bridgehead atoms. The Kier molecular flexibility index (Phi) is 4.17. The third kappa shape index (κ3) is 3.12. The molecule has 100 valence electrons. The number of aryl methyl sites for hydroxylation is 1. The van der Waals surface area contributed by atoms with Gasteiger partial charge < -0.3 is 10.0 Å². The first-order valence-corrected chi connectivity index (χ1v) is 7.01.